The average molecular weight is 695 g/mol. The minimum atomic E-state index is -1.35. The van der Waals surface area contributed by atoms with E-state index in [9.17, 15) is 19.8 Å². The number of aliphatic carboxylic acids is 2. The summed E-state index contributed by atoms with van der Waals surface area (Å²) in [7, 11) is 0. The lowest BCUT2D eigenvalue weighted by atomic mass is 9.96. The van der Waals surface area contributed by atoms with Crippen molar-refractivity contribution in [2.24, 2.45) is 0 Å². The van der Waals surface area contributed by atoms with Gasteiger partial charge in [0.2, 0.25) is 0 Å². The largest absolute Gasteiger partial charge is 0.479 e. The second-order valence-corrected chi connectivity index (χ2v) is 14.0. The van der Waals surface area contributed by atoms with Gasteiger partial charge in [-0.3, -0.25) is 0 Å². The molecule has 0 spiro atoms. The zero-order valence-electron chi connectivity index (χ0n) is 28.1. The zero-order valence-corrected chi connectivity index (χ0v) is 29.7. The lowest BCUT2D eigenvalue weighted by Crippen LogP contribution is -2.35. The predicted octanol–water partition coefficient (Wildman–Crippen LogP) is 9.24. The van der Waals surface area contributed by atoms with E-state index in [2.05, 4.69) is 60.7 Å². The molecule has 2 unspecified atom stereocenters. The Balaban J connectivity index is 1.10. The van der Waals surface area contributed by atoms with Gasteiger partial charge in [0.25, 0.3) is 0 Å². The Morgan fingerprint density at radius 2 is 1.31 bits per heavy atom. The van der Waals surface area contributed by atoms with E-state index >= 15 is 0 Å². The molecule has 5 rings (SSSR count). The highest BCUT2D eigenvalue weighted by molar-refractivity contribution is 7.99. The Labute approximate surface area is 297 Å². The van der Waals surface area contributed by atoms with Crippen molar-refractivity contribution in [3.8, 4) is 11.1 Å². The van der Waals surface area contributed by atoms with Gasteiger partial charge in [-0.25, -0.2) is 9.59 Å². The van der Waals surface area contributed by atoms with Crippen LogP contribution in [0.4, 0.5) is 0 Å². The number of carboxylic acid groups (broad SMARTS) is 2. The third-order valence-corrected chi connectivity index (χ3v) is 10.4. The third kappa shape index (κ3) is 9.34. The molecule has 0 aliphatic heterocycles. The fourth-order valence-electron chi connectivity index (χ4n) is 5.90. The SMILES string of the molecule is CCOC(Cc1ccc(SCC=Cc2ccc3c(c2)Cc2cc(C=CCSc4ccc(C(C)(OCC)C(=O)O)cc4)ccc2-3)cc1)C(=O)O. The summed E-state index contributed by atoms with van der Waals surface area (Å²) in [5.74, 6) is -0.283. The molecule has 0 bridgehead atoms. The summed E-state index contributed by atoms with van der Waals surface area (Å²) in [6.07, 6.45) is 9.14. The third-order valence-electron chi connectivity index (χ3n) is 8.48. The van der Waals surface area contributed by atoms with Crippen LogP contribution in [0.15, 0.2) is 107 Å². The van der Waals surface area contributed by atoms with Crippen LogP contribution in [0.5, 0.6) is 0 Å². The summed E-state index contributed by atoms with van der Waals surface area (Å²) in [6, 6.07) is 29.0. The zero-order chi connectivity index (χ0) is 34.8. The van der Waals surface area contributed by atoms with E-state index < -0.39 is 23.6 Å². The van der Waals surface area contributed by atoms with E-state index in [0.717, 1.165) is 33.3 Å². The molecule has 0 amide bonds. The van der Waals surface area contributed by atoms with Crippen molar-refractivity contribution in [2.75, 3.05) is 24.7 Å². The molecule has 0 saturated carbocycles. The Hall–Kier alpha value is -4.08. The Morgan fingerprint density at radius 1 is 0.776 bits per heavy atom. The second kappa shape index (κ2) is 17.0. The number of benzene rings is 4. The monoisotopic (exact) mass is 694 g/mol. The Morgan fingerprint density at radius 3 is 1.78 bits per heavy atom. The van der Waals surface area contributed by atoms with Gasteiger partial charge in [0, 0.05) is 40.9 Å². The van der Waals surface area contributed by atoms with Crippen LogP contribution in [0.25, 0.3) is 23.3 Å². The summed E-state index contributed by atoms with van der Waals surface area (Å²) in [5, 5.41) is 19.0. The summed E-state index contributed by atoms with van der Waals surface area (Å²) in [4.78, 5) is 25.4. The molecule has 0 fully saturated rings. The lowest BCUT2D eigenvalue weighted by Gasteiger charge is -2.25. The standard InChI is InChI=1S/C41H42O6S2/c1-4-46-38(39(42)43)26-30-10-16-34(17-11-30)48-22-6-8-28-12-20-36-31(24-28)27-32-25-29(13-21-37(32)36)9-7-23-49-35-18-14-33(15-19-35)41(3,40(44)45)47-5-2/h6-21,24-25,38H,4-5,22-23,26-27H2,1-3H3,(H,42,43)(H,44,45). The molecule has 4 aromatic carbocycles. The molecule has 8 heteroatoms. The van der Waals surface area contributed by atoms with Crippen molar-refractivity contribution in [2.45, 2.75) is 55.1 Å². The van der Waals surface area contributed by atoms with Crippen LogP contribution in [0.3, 0.4) is 0 Å². The van der Waals surface area contributed by atoms with Crippen LogP contribution in [0.1, 0.15) is 54.2 Å². The van der Waals surface area contributed by atoms with E-state index in [-0.39, 0.29) is 0 Å². The molecule has 1 aliphatic carbocycles. The number of hydrogen-bond donors (Lipinski definition) is 2. The van der Waals surface area contributed by atoms with Crippen LogP contribution in [0, 0.1) is 0 Å². The summed E-state index contributed by atoms with van der Waals surface area (Å²) < 4.78 is 10.9. The first-order valence-electron chi connectivity index (χ1n) is 16.5. The van der Waals surface area contributed by atoms with E-state index in [4.69, 9.17) is 9.47 Å². The van der Waals surface area contributed by atoms with E-state index in [1.54, 1.807) is 44.3 Å². The highest BCUT2D eigenvalue weighted by Gasteiger charge is 2.35. The molecule has 4 aromatic rings. The normalized spacial score (nSPS) is 14.1. The molecule has 0 saturated heterocycles. The smallest absolute Gasteiger partial charge is 0.340 e. The fourth-order valence-corrected chi connectivity index (χ4v) is 7.32. The van der Waals surface area contributed by atoms with Crippen LogP contribution in [0.2, 0.25) is 0 Å². The van der Waals surface area contributed by atoms with Crippen LogP contribution in [-0.4, -0.2) is 53.0 Å². The number of carboxylic acids is 2. The van der Waals surface area contributed by atoms with Gasteiger partial charge in [-0.2, -0.15) is 0 Å². The van der Waals surface area contributed by atoms with Gasteiger partial charge < -0.3 is 19.7 Å². The van der Waals surface area contributed by atoms with E-state index in [1.807, 2.05) is 48.5 Å². The molecule has 1 aliphatic rings. The summed E-state index contributed by atoms with van der Waals surface area (Å²) in [6.45, 7) is 5.90. The molecule has 0 aromatic heterocycles. The lowest BCUT2D eigenvalue weighted by molar-refractivity contribution is -0.164. The average Bonchev–Trinajstić information content (AvgIpc) is 3.46. The number of thioether (sulfide) groups is 2. The molecule has 0 radical (unpaired) electrons. The van der Waals surface area contributed by atoms with Crippen molar-refractivity contribution in [3.05, 3.63) is 130 Å². The van der Waals surface area contributed by atoms with E-state index in [1.165, 1.54) is 33.4 Å². The number of ether oxygens (including phenoxy) is 2. The summed E-state index contributed by atoms with van der Waals surface area (Å²) >= 11 is 3.45. The van der Waals surface area contributed by atoms with Gasteiger partial charge >= 0.3 is 11.9 Å². The van der Waals surface area contributed by atoms with Crippen molar-refractivity contribution in [3.63, 3.8) is 0 Å². The molecule has 254 valence electrons. The van der Waals surface area contributed by atoms with Crippen molar-refractivity contribution >= 4 is 47.6 Å². The number of hydrogen-bond acceptors (Lipinski definition) is 6. The van der Waals surface area contributed by atoms with Gasteiger partial charge in [-0.15, -0.1) is 23.5 Å². The second-order valence-electron chi connectivity index (χ2n) is 11.9. The van der Waals surface area contributed by atoms with Gasteiger partial charge in [-0.05, 0) is 96.0 Å². The van der Waals surface area contributed by atoms with Gasteiger partial charge in [0.15, 0.2) is 11.7 Å². The molecule has 6 nitrogen and oxygen atoms in total. The Kier molecular flexibility index (Phi) is 12.6. The quantitative estimate of drug-likeness (QED) is 0.0931. The van der Waals surface area contributed by atoms with Crippen molar-refractivity contribution < 1.29 is 29.3 Å². The molecular formula is C41H42O6S2. The predicted molar refractivity (Wildman–Crippen MR) is 200 cm³/mol. The van der Waals surface area contributed by atoms with Gasteiger partial charge in [0.1, 0.15) is 0 Å². The topological polar surface area (TPSA) is 93.1 Å². The first kappa shape index (κ1) is 36.2. The Bertz CT molecular complexity index is 1810. The minimum Gasteiger partial charge on any atom is -0.479 e. The number of carbonyl (C=O) groups is 2. The first-order chi connectivity index (χ1) is 23.7. The van der Waals surface area contributed by atoms with Crippen molar-refractivity contribution in [1.29, 1.82) is 0 Å². The van der Waals surface area contributed by atoms with Gasteiger partial charge in [0.05, 0.1) is 0 Å². The fraction of sp³-hybridized carbons (Fsp3) is 0.268. The molecule has 2 atom stereocenters. The molecule has 49 heavy (non-hydrogen) atoms. The van der Waals surface area contributed by atoms with Crippen molar-refractivity contribution in [1.82, 2.24) is 0 Å². The molecule has 2 N–H and O–H groups in total. The van der Waals surface area contributed by atoms with Gasteiger partial charge in [-0.1, -0.05) is 85.0 Å². The maximum Gasteiger partial charge on any atom is 0.340 e. The highest BCUT2D eigenvalue weighted by Crippen LogP contribution is 2.38. The molecular weight excluding hydrogens is 653 g/mol. The number of rotatable bonds is 17. The maximum absolute atomic E-state index is 11.8. The van der Waals surface area contributed by atoms with E-state index in [0.29, 0.717) is 25.2 Å². The summed E-state index contributed by atoms with van der Waals surface area (Å²) in [5.41, 5.74) is 7.89. The molecule has 0 heterocycles. The maximum atomic E-state index is 11.8. The minimum absolute atomic E-state index is 0.326. The highest BCUT2D eigenvalue weighted by atomic mass is 32.2. The van der Waals surface area contributed by atoms with Crippen LogP contribution in [-0.2, 0) is 37.5 Å². The van der Waals surface area contributed by atoms with Crippen LogP contribution >= 0.6 is 23.5 Å². The van der Waals surface area contributed by atoms with Crippen LogP contribution < -0.4 is 0 Å². The number of fused-ring (bicyclic) bond motifs is 3. The first-order valence-corrected chi connectivity index (χ1v) is 18.4.